The number of para-hydroxylation sites is 1. The molecule has 0 unspecified atom stereocenters. The fourth-order valence-electron chi connectivity index (χ4n) is 2.22. The summed E-state index contributed by atoms with van der Waals surface area (Å²) in [5, 5.41) is 2.53. The van der Waals surface area contributed by atoms with E-state index < -0.39 is 30.0 Å². The van der Waals surface area contributed by atoms with Crippen molar-refractivity contribution in [1.29, 1.82) is 0 Å². The zero-order chi connectivity index (χ0) is 20.0. The molecular formula is C19H14F3N3O3. The fourth-order valence-corrected chi connectivity index (χ4v) is 2.22. The van der Waals surface area contributed by atoms with Crippen molar-refractivity contribution in [3.05, 3.63) is 72.6 Å². The van der Waals surface area contributed by atoms with Crippen LogP contribution in [-0.2, 0) is 11.0 Å². The Morgan fingerprint density at radius 1 is 0.964 bits per heavy atom. The van der Waals surface area contributed by atoms with Crippen LogP contribution in [0.1, 0.15) is 5.56 Å². The third-order valence-corrected chi connectivity index (χ3v) is 3.44. The average molecular weight is 389 g/mol. The molecule has 3 rings (SSSR count). The van der Waals surface area contributed by atoms with E-state index in [4.69, 9.17) is 9.47 Å². The van der Waals surface area contributed by atoms with Gasteiger partial charge in [-0.25, -0.2) is 9.97 Å². The predicted molar refractivity (Wildman–Crippen MR) is 94.1 cm³/mol. The molecule has 6 nitrogen and oxygen atoms in total. The highest BCUT2D eigenvalue weighted by molar-refractivity contribution is 5.91. The van der Waals surface area contributed by atoms with Crippen LogP contribution in [0.15, 0.2) is 67.0 Å². The first-order chi connectivity index (χ1) is 13.4. The summed E-state index contributed by atoms with van der Waals surface area (Å²) in [6.07, 6.45) is -1.49. The van der Waals surface area contributed by atoms with Gasteiger partial charge in [0.15, 0.2) is 6.61 Å². The minimum Gasteiger partial charge on any atom is -0.483 e. The van der Waals surface area contributed by atoms with Crippen molar-refractivity contribution in [2.24, 2.45) is 0 Å². The molecule has 0 saturated carbocycles. The van der Waals surface area contributed by atoms with E-state index in [0.29, 0.717) is 11.4 Å². The van der Waals surface area contributed by atoms with E-state index in [9.17, 15) is 18.0 Å². The molecule has 0 atom stereocenters. The van der Waals surface area contributed by atoms with Crippen LogP contribution in [0.5, 0.6) is 17.5 Å². The maximum atomic E-state index is 12.9. The van der Waals surface area contributed by atoms with Gasteiger partial charge in [0.1, 0.15) is 11.5 Å². The second-order valence-electron chi connectivity index (χ2n) is 5.49. The van der Waals surface area contributed by atoms with Gasteiger partial charge in [-0.2, -0.15) is 13.2 Å². The lowest BCUT2D eigenvalue weighted by molar-refractivity contribution is -0.139. The SMILES string of the molecule is O=C(COc1ccccc1C(F)(F)F)Nc1ccc(Oc2ncccn2)cc1. The zero-order valence-electron chi connectivity index (χ0n) is 14.3. The van der Waals surface area contributed by atoms with E-state index >= 15 is 0 Å². The number of nitrogens with zero attached hydrogens (tertiary/aromatic N) is 2. The number of aromatic nitrogens is 2. The van der Waals surface area contributed by atoms with E-state index in [0.717, 1.165) is 12.1 Å². The summed E-state index contributed by atoms with van der Waals surface area (Å²) in [5.41, 5.74) is -0.508. The van der Waals surface area contributed by atoms with Crippen LogP contribution in [0.3, 0.4) is 0 Å². The molecule has 1 N–H and O–H groups in total. The summed E-state index contributed by atoms with van der Waals surface area (Å²) < 4.78 is 49.2. The first-order valence-electron chi connectivity index (χ1n) is 8.05. The van der Waals surface area contributed by atoms with Gasteiger partial charge in [0.25, 0.3) is 5.91 Å². The molecular weight excluding hydrogens is 375 g/mol. The van der Waals surface area contributed by atoms with E-state index in [1.807, 2.05) is 0 Å². The molecule has 9 heteroatoms. The topological polar surface area (TPSA) is 73.3 Å². The Hall–Kier alpha value is -3.62. The van der Waals surface area contributed by atoms with Gasteiger partial charge in [-0.05, 0) is 42.5 Å². The van der Waals surface area contributed by atoms with Crippen LogP contribution in [0.4, 0.5) is 18.9 Å². The molecule has 3 aromatic rings. The van der Waals surface area contributed by atoms with Gasteiger partial charge >= 0.3 is 12.2 Å². The van der Waals surface area contributed by atoms with Crippen LogP contribution < -0.4 is 14.8 Å². The van der Waals surface area contributed by atoms with Crippen LogP contribution in [-0.4, -0.2) is 22.5 Å². The van der Waals surface area contributed by atoms with Crippen molar-refractivity contribution < 1.29 is 27.4 Å². The maximum Gasteiger partial charge on any atom is 0.419 e. The number of halogens is 3. The van der Waals surface area contributed by atoms with Crippen molar-refractivity contribution in [2.45, 2.75) is 6.18 Å². The number of anilines is 1. The van der Waals surface area contributed by atoms with Crippen molar-refractivity contribution in [3.63, 3.8) is 0 Å². The first kappa shape index (κ1) is 19.2. The number of hydrogen-bond acceptors (Lipinski definition) is 5. The maximum absolute atomic E-state index is 12.9. The third kappa shape index (κ3) is 5.19. The second kappa shape index (κ2) is 8.38. The molecule has 0 aliphatic rings. The lowest BCUT2D eigenvalue weighted by Crippen LogP contribution is -2.21. The molecule has 1 aromatic heterocycles. The number of nitrogens with one attached hydrogen (secondary N) is 1. The van der Waals surface area contributed by atoms with Gasteiger partial charge in [-0.3, -0.25) is 4.79 Å². The minimum atomic E-state index is -4.56. The summed E-state index contributed by atoms with van der Waals surface area (Å²) in [5.74, 6) is -0.548. The van der Waals surface area contributed by atoms with Crippen LogP contribution >= 0.6 is 0 Å². The molecule has 0 aliphatic carbocycles. The Morgan fingerprint density at radius 3 is 2.32 bits per heavy atom. The summed E-state index contributed by atoms with van der Waals surface area (Å²) in [6, 6.07) is 12.8. The molecule has 1 amide bonds. The molecule has 0 fully saturated rings. The van der Waals surface area contributed by atoms with Gasteiger partial charge < -0.3 is 14.8 Å². The smallest absolute Gasteiger partial charge is 0.419 e. The highest BCUT2D eigenvalue weighted by Crippen LogP contribution is 2.35. The first-order valence-corrected chi connectivity index (χ1v) is 8.05. The molecule has 0 bridgehead atoms. The Morgan fingerprint density at radius 2 is 1.64 bits per heavy atom. The fraction of sp³-hybridized carbons (Fsp3) is 0.105. The Labute approximate surface area is 158 Å². The number of rotatable bonds is 6. The van der Waals surface area contributed by atoms with E-state index in [-0.39, 0.29) is 6.01 Å². The summed E-state index contributed by atoms with van der Waals surface area (Å²) in [6.45, 7) is -0.566. The quantitative estimate of drug-likeness (QED) is 0.680. The largest absolute Gasteiger partial charge is 0.483 e. The Bertz CT molecular complexity index is 932. The lowest BCUT2D eigenvalue weighted by Gasteiger charge is -2.13. The van der Waals surface area contributed by atoms with Crippen molar-refractivity contribution in [3.8, 4) is 17.5 Å². The molecule has 2 aromatic carbocycles. The Balaban J connectivity index is 1.56. The van der Waals surface area contributed by atoms with Gasteiger partial charge in [-0.15, -0.1) is 0 Å². The van der Waals surface area contributed by atoms with Crippen molar-refractivity contribution in [2.75, 3.05) is 11.9 Å². The normalized spacial score (nSPS) is 11.0. The van der Waals surface area contributed by atoms with E-state index in [2.05, 4.69) is 15.3 Å². The molecule has 1 heterocycles. The lowest BCUT2D eigenvalue weighted by atomic mass is 10.2. The molecule has 28 heavy (non-hydrogen) atoms. The van der Waals surface area contributed by atoms with Crippen LogP contribution in [0, 0.1) is 0 Å². The number of hydrogen-bond donors (Lipinski definition) is 1. The Kier molecular flexibility index (Phi) is 5.73. The van der Waals surface area contributed by atoms with E-state index in [1.54, 1.807) is 30.3 Å². The molecule has 0 saturated heterocycles. The minimum absolute atomic E-state index is 0.177. The number of benzene rings is 2. The molecule has 0 spiro atoms. The predicted octanol–water partition coefficient (Wildman–Crippen LogP) is 4.31. The molecule has 144 valence electrons. The number of carbonyl (C=O) groups excluding carboxylic acids is 1. The molecule has 0 aliphatic heterocycles. The molecule has 0 radical (unpaired) electrons. The van der Waals surface area contributed by atoms with Gasteiger partial charge in [0.05, 0.1) is 5.56 Å². The van der Waals surface area contributed by atoms with Crippen molar-refractivity contribution >= 4 is 11.6 Å². The van der Waals surface area contributed by atoms with Crippen molar-refractivity contribution in [1.82, 2.24) is 9.97 Å². The summed E-state index contributed by atoms with van der Waals surface area (Å²) >= 11 is 0. The average Bonchev–Trinajstić information content (AvgIpc) is 2.68. The van der Waals surface area contributed by atoms with Crippen LogP contribution in [0.2, 0.25) is 0 Å². The van der Waals surface area contributed by atoms with Gasteiger partial charge in [-0.1, -0.05) is 12.1 Å². The van der Waals surface area contributed by atoms with Crippen LogP contribution in [0.25, 0.3) is 0 Å². The third-order valence-electron chi connectivity index (χ3n) is 3.44. The van der Waals surface area contributed by atoms with Gasteiger partial charge in [0, 0.05) is 18.1 Å². The highest BCUT2D eigenvalue weighted by Gasteiger charge is 2.34. The number of alkyl halides is 3. The number of amides is 1. The highest BCUT2D eigenvalue weighted by atomic mass is 19.4. The summed E-state index contributed by atoms with van der Waals surface area (Å²) in [4.78, 5) is 19.8. The zero-order valence-corrected chi connectivity index (χ0v) is 14.3. The number of ether oxygens (including phenoxy) is 2. The summed E-state index contributed by atoms with van der Waals surface area (Å²) in [7, 11) is 0. The second-order valence-corrected chi connectivity index (χ2v) is 5.49. The van der Waals surface area contributed by atoms with Gasteiger partial charge in [0.2, 0.25) is 0 Å². The monoisotopic (exact) mass is 389 g/mol. The number of carbonyl (C=O) groups is 1. The van der Waals surface area contributed by atoms with E-state index in [1.165, 1.54) is 24.5 Å². The standard InChI is InChI=1S/C19H14F3N3O3/c20-19(21,22)15-4-1-2-5-16(15)27-12-17(26)25-13-6-8-14(9-7-13)28-18-23-10-3-11-24-18/h1-11H,12H2,(H,25,26).